The summed E-state index contributed by atoms with van der Waals surface area (Å²) >= 11 is 0. The van der Waals surface area contributed by atoms with Gasteiger partial charge in [0, 0.05) is 32.6 Å². The van der Waals surface area contributed by atoms with Gasteiger partial charge in [0.2, 0.25) is 0 Å². The fourth-order valence-electron chi connectivity index (χ4n) is 2.73. The second-order valence-corrected chi connectivity index (χ2v) is 5.59. The van der Waals surface area contributed by atoms with E-state index in [-0.39, 0.29) is 0 Å². The maximum Gasteiger partial charge on any atom is 0.0587 e. The second kappa shape index (κ2) is 9.06. The highest BCUT2D eigenvalue weighted by Crippen LogP contribution is 2.16. The predicted octanol–water partition coefficient (Wildman–Crippen LogP) is 1.57. The fraction of sp³-hybridized carbons (Fsp3) is 0.688. The normalized spacial score (nSPS) is 17.4. The van der Waals surface area contributed by atoms with E-state index < -0.39 is 0 Å². The topological polar surface area (TPSA) is 37.4 Å². The largest absolute Gasteiger partial charge is 0.383 e. The number of methoxy groups -OCH3 is 1. The molecule has 0 spiro atoms. The third-order valence-electron chi connectivity index (χ3n) is 4.06. The average Bonchev–Trinajstić information content (AvgIpc) is 2.52. The Balaban J connectivity index is 1.57. The molecule has 1 aromatic heterocycles. The van der Waals surface area contributed by atoms with Crippen molar-refractivity contribution < 1.29 is 4.74 Å². The summed E-state index contributed by atoms with van der Waals surface area (Å²) in [6.07, 6.45) is 7.56. The van der Waals surface area contributed by atoms with Gasteiger partial charge < -0.3 is 15.0 Å². The Morgan fingerprint density at radius 3 is 2.95 bits per heavy atom. The van der Waals surface area contributed by atoms with Gasteiger partial charge in [0.1, 0.15) is 0 Å². The van der Waals surface area contributed by atoms with Crippen LogP contribution in [0.25, 0.3) is 0 Å². The highest BCUT2D eigenvalue weighted by Gasteiger charge is 2.18. The van der Waals surface area contributed by atoms with Crippen LogP contribution in [0.3, 0.4) is 0 Å². The molecule has 0 amide bonds. The second-order valence-electron chi connectivity index (χ2n) is 5.59. The molecule has 112 valence electrons. The van der Waals surface area contributed by atoms with Gasteiger partial charge in [-0.25, -0.2) is 0 Å². The zero-order valence-corrected chi connectivity index (χ0v) is 12.6. The molecule has 1 N–H and O–H groups in total. The molecule has 0 bridgehead atoms. The molecule has 1 aromatic rings. The molecule has 2 heterocycles. The first-order valence-corrected chi connectivity index (χ1v) is 7.69. The maximum atomic E-state index is 5.05. The number of nitrogens with one attached hydrogen (secondary N) is 1. The molecule has 1 aliphatic heterocycles. The molecule has 1 fully saturated rings. The van der Waals surface area contributed by atoms with Crippen molar-refractivity contribution in [3.8, 4) is 0 Å². The van der Waals surface area contributed by atoms with Crippen LogP contribution in [0.2, 0.25) is 0 Å². The van der Waals surface area contributed by atoms with Gasteiger partial charge in [-0.15, -0.1) is 0 Å². The zero-order valence-electron chi connectivity index (χ0n) is 12.6. The van der Waals surface area contributed by atoms with Crippen LogP contribution in [-0.4, -0.2) is 56.3 Å². The van der Waals surface area contributed by atoms with Crippen molar-refractivity contribution in [3.05, 3.63) is 30.1 Å². The van der Waals surface area contributed by atoms with Gasteiger partial charge in [0.05, 0.1) is 6.61 Å². The van der Waals surface area contributed by atoms with E-state index >= 15 is 0 Å². The van der Waals surface area contributed by atoms with Crippen LogP contribution >= 0.6 is 0 Å². The number of likely N-dealkylation sites (tertiary alicyclic amines) is 1. The molecule has 0 aromatic carbocycles. The molecular weight excluding hydrogens is 250 g/mol. The van der Waals surface area contributed by atoms with Crippen LogP contribution in [0.15, 0.2) is 24.5 Å². The number of pyridine rings is 1. The molecule has 4 heteroatoms. The Labute approximate surface area is 122 Å². The lowest BCUT2D eigenvalue weighted by molar-refractivity contribution is 0.174. The van der Waals surface area contributed by atoms with Crippen molar-refractivity contribution in [2.24, 2.45) is 5.92 Å². The van der Waals surface area contributed by atoms with Gasteiger partial charge in [0.15, 0.2) is 0 Å². The van der Waals surface area contributed by atoms with Gasteiger partial charge >= 0.3 is 0 Å². The third kappa shape index (κ3) is 5.57. The summed E-state index contributed by atoms with van der Waals surface area (Å²) in [5.74, 6) is 0.835. The van der Waals surface area contributed by atoms with E-state index in [9.17, 15) is 0 Å². The summed E-state index contributed by atoms with van der Waals surface area (Å²) in [5.41, 5.74) is 1.34. The monoisotopic (exact) mass is 277 g/mol. The number of rotatable bonds is 8. The van der Waals surface area contributed by atoms with E-state index in [0.29, 0.717) is 0 Å². The van der Waals surface area contributed by atoms with Crippen LogP contribution in [-0.2, 0) is 11.2 Å². The Morgan fingerprint density at radius 1 is 1.40 bits per heavy atom. The van der Waals surface area contributed by atoms with E-state index in [4.69, 9.17) is 4.74 Å². The van der Waals surface area contributed by atoms with Crippen LogP contribution in [0.4, 0.5) is 0 Å². The zero-order chi connectivity index (χ0) is 14.0. The molecule has 1 aliphatic rings. The summed E-state index contributed by atoms with van der Waals surface area (Å²) < 4.78 is 5.05. The summed E-state index contributed by atoms with van der Waals surface area (Å²) in [6.45, 7) is 6.55. The first kappa shape index (κ1) is 15.4. The number of piperidine rings is 1. The van der Waals surface area contributed by atoms with Gasteiger partial charge in [-0.1, -0.05) is 6.07 Å². The number of ether oxygens (including phenoxy) is 1. The molecule has 2 rings (SSSR count). The lowest BCUT2D eigenvalue weighted by Gasteiger charge is -2.32. The molecule has 1 saturated heterocycles. The SMILES string of the molecule is COCCNCC1CCN(CCc2cccnc2)CC1. The van der Waals surface area contributed by atoms with Crippen LogP contribution in [0.5, 0.6) is 0 Å². The number of hydrogen-bond donors (Lipinski definition) is 1. The predicted molar refractivity (Wildman–Crippen MR) is 81.9 cm³/mol. The van der Waals surface area contributed by atoms with E-state index in [2.05, 4.69) is 21.3 Å². The number of hydrogen-bond acceptors (Lipinski definition) is 4. The van der Waals surface area contributed by atoms with Crippen molar-refractivity contribution in [1.82, 2.24) is 15.2 Å². The summed E-state index contributed by atoms with van der Waals surface area (Å²) in [7, 11) is 1.75. The molecule has 20 heavy (non-hydrogen) atoms. The minimum absolute atomic E-state index is 0.809. The van der Waals surface area contributed by atoms with Crippen molar-refractivity contribution in [2.75, 3.05) is 46.4 Å². The Kier molecular flexibility index (Phi) is 6.98. The average molecular weight is 277 g/mol. The maximum absolute atomic E-state index is 5.05. The minimum atomic E-state index is 0.809. The van der Waals surface area contributed by atoms with Gasteiger partial charge in [-0.3, -0.25) is 4.98 Å². The van der Waals surface area contributed by atoms with E-state index in [1.165, 1.54) is 31.5 Å². The van der Waals surface area contributed by atoms with Crippen molar-refractivity contribution in [3.63, 3.8) is 0 Å². The molecule has 4 nitrogen and oxygen atoms in total. The quantitative estimate of drug-likeness (QED) is 0.732. The molecule has 0 aliphatic carbocycles. The summed E-state index contributed by atoms with van der Waals surface area (Å²) in [4.78, 5) is 6.75. The van der Waals surface area contributed by atoms with Crippen molar-refractivity contribution in [2.45, 2.75) is 19.3 Å². The van der Waals surface area contributed by atoms with Crippen LogP contribution < -0.4 is 5.32 Å². The highest BCUT2D eigenvalue weighted by atomic mass is 16.5. The van der Waals surface area contributed by atoms with Gasteiger partial charge in [0.25, 0.3) is 0 Å². The lowest BCUT2D eigenvalue weighted by Crippen LogP contribution is -2.38. The first-order valence-electron chi connectivity index (χ1n) is 7.69. The van der Waals surface area contributed by atoms with E-state index in [1.54, 1.807) is 7.11 Å². The molecular formula is C16H27N3O. The first-order chi connectivity index (χ1) is 9.88. The Hall–Kier alpha value is -0.970. The summed E-state index contributed by atoms with van der Waals surface area (Å²) in [6, 6.07) is 4.19. The standard InChI is InChI=1S/C16H27N3O/c1-20-12-8-18-14-16-5-10-19(11-6-16)9-4-15-3-2-7-17-13-15/h2-3,7,13,16,18H,4-6,8-12,14H2,1H3. The summed E-state index contributed by atoms with van der Waals surface area (Å²) in [5, 5.41) is 3.48. The van der Waals surface area contributed by atoms with Gasteiger partial charge in [-0.2, -0.15) is 0 Å². The smallest absolute Gasteiger partial charge is 0.0587 e. The third-order valence-corrected chi connectivity index (χ3v) is 4.06. The van der Waals surface area contributed by atoms with Crippen LogP contribution in [0, 0.1) is 5.92 Å². The lowest BCUT2D eigenvalue weighted by atomic mass is 9.96. The molecule has 0 radical (unpaired) electrons. The number of aromatic nitrogens is 1. The van der Waals surface area contributed by atoms with E-state index in [1.807, 2.05) is 18.5 Å². The van der Waals surface area contributed by atoms with Crippen LogP contribution in [0.1, 0.15) is 18.4 Å². The van der Waals surface area contributed by atoms with Gasteiger partial charge in [-0.05, 0) is 56.4 Å². The Morgan fingerprint density at radius 2 is 2.25 bits per heavy atom. The molecule has 0 saturated carbocycles. The fourth-order valence-corrected chi connectivity index (χ4v) is 2.73. The Bertz CT molecular complexity index is 350. The van der Waals surface area contributed by atoms with Crippen molar-refractivity contribution in [1.29, 1.82) is 0 Å². The minimum Gasteiger partial charge on any atom is -0.383 e. The van der Waals surface area contributed by atoms with Crippen molar-refractivity contribution >= 4 is 0 Å². The molecule has 0 atom stereocenters. The highest BCUT2D eigenvalue weighted by molar-refractivity contribution is 5.08. The molecule has 0 unspecified atom stereocenters. The van der Waals surface area contributed by atoms with E-state index in [0.717, 1.165) is 38.6 Å². The number of nitrogens with zero attached hydrogens (tertiary/aromatic N) is 2.